The van der Waals surface area contributed by atoms with Crippen LogP contribution in [-0.2, 0) is 4.74 Å². The summed E-state index contributed by atoms with van der Waals surface area (Å²) in [5.41, 5.74) is 1.25. The Hall–Kier alpha value is -0.470. The molecular formula is C13H20OS. The van der Waals surface area contributed by atoms with E-state index < -0.39 is 0 Å². The average molecular weight is 224 g/mol. The Morgan fingerprint density at radius 3 is 2.27 bits per heavy atom. The molecule has 0 bridgehead atoms. The van der Waals surface area contributed by atoms with Crippen LogP contribution < -0.4 is 0 Å². The number of thiol groups is 1. The van der Waals surface area contributed by atoms with E-state index in [4.69, 9.17) is 4.74 Å². The molecule has 0 saturated carbocycles. The maximum absolute atomic E-state index is 5.85. The molecule has 0 saturated heterocycles. The molecule has 0 aliphatic carbocycles. The highest BCUT2D eigenvalue weighted by molar-refractivity contribution is 7.80. The highest BCUT2D eigenvalue weighted by atomic mass is 32.1. The Morgan fingerprint density at radius 1 is 1.20 bits per heavy atom. The van der Waals surface area contributed by atoms with Crippen LogP contribution in [0.5, 0.6) is 0 Å². The Labute approximate surface area is 98.3 Å². The van der Waals surface area contributed by atoms with Gasteiger partial charge in [0, 0.05) is 11.5 Å². The summed E-state index contributed by atoms with van der Waals surface area (Å²) in [4.78, 5) is 0.998. The van der Waals surface area contributed by atoms with Crippen LogP contribution in [0.1, 0.15) is 38.9 Å². The van der Waals surface area contributed by atoms with E-state index in [1.165, 1.54) is 5.56 Å². The van der Waals surface area contributed by atoms with Gasteiger partial charge in [0.25, 0.3) is 0 Å². The van der Waals surface area contributed by atoms with Crippen molar-refractivity contribution in [3.8, 4) is 0 Å². The van der Waals surface area contributed by atoms with E-state index in [1.807, 2.05) is 12.1 Å². The molecule has 15 heavy (non-hydrogen) atoms. The van der Waals surface area contributed by atoms with Crippen LogP contribution in [0.15, 0.2) is 29.2 Å². The zero-order valence-electron chi connectivity index (χ0n) is 9.73. The van der Waals surface area contributed by atoms with Gasteiger partial charge in [-0.25, -0.2) is 0 Å². The first-order valence-corrected chi connectivity index (χ1v) is 5.98. The third-order valence-corrected chi connectivity index (χ3v) is 2.56. The van der Waals surface area contributed by atoms with E-state index >= 15 is 0 Å². The number of benzene rings is 1. The first-order valence-electron chi connectivity index (χ1n) is 5.54. The molecule has 0 aromatic heterocycles. The summed E-state index contributed by atoms with van der Waals surface area (Å²) in [7, 11) is 0. The van der Waals surface area contributed by atoms with Crippen molar-refractivity contribution in [3.63, 3.8) is 0 Å². The van der Waals surface area contributed by atoms with Crippen molar-refractivity contribution in [2.45, 2.75) is 38.2 Å². The molecule has 1 rings (SSSR count). The summed E-state index contributed by atoms with van der Waals surface area (Å²) in [5.74, 6) is 0.586. The fourth-order valence-corrected chi connectivity index (χ4v) is 1.60. The third-order valence-electron chi connectivity index (χ3n) is 2.27. The monoisotopic (exact) mass is 224 g/mol. The molecule has 0 spiro atoms. The highest BCUT2D eigenvalue weighted by Gasteiger charge is 2.09. The zero-order chi connectivity index (χ0) is 11.3. The first-order chi connectivity index (χ1) is 7.13. The lowest BCUT2D eigenvalue weighted by Crippen LogP contribution is -2.08. The zero-order valence-corrected chi connectivity index (χ0v) is 10.6. The fraction of sp³-hybridized carbons (Fsp3) is 0.538. The van der Waals surface area contributed by atoms with Crippen LogP contribution in [-0.4, -0.2) is 6.61 Å². The van der Waals surface area contributed by atoms with Gasteiger partial charge in [-0.2, -0.15) is 0 Å². The molecule has 0 amide bonds. The summed E-state index contributed by atoms with van der Waals surface area (Å²) >= 11 is 4.27. The third kappa shape index (κ3) is 4.27. The van der Waals surface area contributed by atoms with E-state index in [0.717, 1.165) is 17.9 Å². The lowest BCUT2D eigenvalue weighted by Gasteiger charge is -2.18. The number of hydrogen-bond acceptors (Lipinski definition) is 2. The molecule has 1 nitrogen and oxygen atoms in total. The molecule has 0 aliphatic heterocycles. The molecule has 0 radical (unpaired) electrons. The van der Waals surface area contributed by atoms with Crippen molar-refractivity contribution in [1.29, 1.82) is 0 Å². The summed E-state index contributed by atoms with van der Waals surface area (Å²) in [6.07, 6.45) is 1.24. The van der Waals surface area contributed by atoms with Crippen LogP contribution in [0.3, 0.4) is 0 Å². The Balaban J connectivity index is 2.61. The van der Waals surface area contributed by atoms with Gasteiger partial charge < -0.3 is 4.74 Å². The van der Waals surface area contributed by atoms with Crippen molar-refractivity contribution in [2.75, 3.05) is 6.61 Å². The molecule has 1 atom stereocenters. The molecule has 0 heterocycles. The number of hydrogen-bond donors (Lipinski definition) is 1. The van der Waals surface area contributed by atoms with Crippen molar-refractivity contribution >= 4 is 12.6 Å². The predicted molar refractivity (Wildman–Crippen MR) is 67.5 cm³/mol. The van der Waals surface area contributed by atoms with E-state index in [2.05, 4.69) is 45.5 Å². The van der Waals surface area contributed by atoms with E-state index in [9.17, 15) is 0 Å². The van der Waals surface area contributed by atoms with Gasteiger partial charge in [-0.05, 0) is 30.0 Å². The predicted octanol–water partition coefficient (Wildman–Crippen LogP) is 4.10. The summed E-state index contributed by atoms with van der Waals surface area (Å²) < 4.78 is 5.85. The SMILES string of the molecule is CC[C@@H](OCC(C)C)c1ccc(S)cc1. The molecule has 1 aromatic rings. The topological polar surface area (TPSA) is 9.23 Å². The largest absolute Gasteiger partial charge is 0.373 e. The minimum Gasteiger partial charge on any atom is -0.373 e. The van der Waals surface area contributed by atoms with Crippen molar-refractivity contribution < 1.29 is 4.74 Å². The number of ether oxygens (including phenoxy) is 1. The molecular weight excluding hydrogens is 204 g/mol. The van der Waals surface area contributed by atoms with Crippen LogP contribution >= 0.6 is 12.6 Å². The standard InChI is InChI=1S/C13H20OS/c1-4-13(14-9-10(2)3)11-5-7-12(15)8-6-11/h5-8,10,13,15H,4,9H2,1-3H3/t13-/m1/s1. The Morgan fingerprint density at radius 2 is 1.80 bits per heavy atom. The molecule has 84 valence electrons. The summed E-state index contributed by atoms with van der Waals surface area (Å²) in [6.45, 7) is 7.31. The van der Waals surface area contributed by atoms with Crippen molar-refractivity contribution in [2.24, 2.45) is 5.92 Å². The second-order valence-electron chi connectivity index (χ2n) is 4.22. The van der Waals surface area contributed by atoms with Gasteiger partial charge in [0.05, 0.1) is 6.10 Å². The van der Waals surface area contributed by atoms with Gasteiger partial charge in [0.1, 0.15) is 0 Å². The molecule has 0 fully saturated rings. The first kappa shape index (κ1) is 12.6. The fourth-order valence-electron chi connectivity index (χ4n) is 1.45. The minimum atomic E-state index is 0.223. The lowest BCUT2D eigenvalue weighted by atomic mass is 10.1. The van der Waals surface area contributed by atoms with Crippen molar-refractivity contribution in [1.82, 2.24) is 0 Å². The maximum Gasteiger partial charge on any atom is 0.0822 e. The van der Waals surface area contributed by atoms with Crippen molar-refractivity contribution in [3.05, 3.63) is 29.8 Å². The Bertz CT molecular complexity index is 279. The Kier molecular flexibility index (Phi) is 5.20. The average Bonchev–Trinajstić information content (AvgIpc) is 2.21. The smallest absolute Gasteiger partial charge is 0.0822 e. The van der Waals surface area contributed by atoms with Crippen LogP contribution in [0.4, 0.5) is 0 Å². The maximum atomic E-state index is 5.85. The highest BCUT2D eigenvalue weighted by Crippen LogP contribution is 2.22. The van der Waals surface area contributed by atoms with Gasteiger partial charge in [0.2, 0.25) is 0 Å². The molecule has 0 aliphatic rings. The molecule has 0 N–H and O–H groups in total. The normalized spacial score (nSPS) is 13.1. The van der Waals surface area contributed by atoms with Gasteiger partial charge >= 0.3 is 0 Å². The summed E-state index contributed by atoms with van der Waals surface area (Å²) in [6, 6.07) is 8.22. The second-order valence-corrected chi connectivity index (χ2v) is 4.73. The molecule has 0 unspecified atom stereocenters. The van der Waals surface area contributed by atoms with Gasteiger partial charge in [-0.15, -0.1) is 12.6 Å². The molecule has 1 aromatic carbocycles. The summed E-state index contributed by atoms with van der Waals surface area (Å²) in [5, 5.41) is 0. The second kappa shape index (κ2) is 6.19. The molecule has 2 heteroatoms. The quantitative estimate of drug-likeness (QED) is 0.741. The van der Waals surface area contributed by atoms with Gasteiger partial charge in [-0.1, -0.05) is 32.9 Å². The van der Waals surface area contributed by atoms with E-state index in [1.54, 1.807) is 0 Å². The number of rotatable bonds is 5. The van der Waals surface area contributed by atoms with E-state index in [0.29, 0.717) is 5.92 Å². The van der Waals surface area contributed by atoms with Gasteiger partial charge in [-0.3, -0.25) is 0 Å². The van der Waals surface area contributed by atoms with Crippen LogP contribution in [0.25, 0.3) is 0 Å². The van der Waals surface area contributed by atoms with Crippen LogP contribution in [0, 0.1) is 5.92 Å². The van der Waals surface area contributed by atoms with E-state index in [-0.39, 0.29) is 6.10 Å². The van der Waals surface area contributed by atoms with Gasteiger partial charge in [0.15, 0.2) is 0 Å². The lowest BCUT2D eigenvalue weighted by molar-refractivity contribution is 0.0326. The van der Waals surface area contributed by atoms with Crippen LogP contribution in [0.2, 0.25) is 0 Å². The minimum absolute atomic E-state index is 0.223.